The summed E-state index contributed by atoms with van der Waals surface area (Å²) in [5.74, 6) is -1.89. The molecule has 1 aliphatic rings. The van der Waals surface area contributed by atoms with Gasteiger partial charge in [0, 0.05) is 24.2 Å². The summed E-state index contributed by atoms with van der Waals surface area (Å²) in [6.45, 7) is 0.614. The third-order valence-electron chi connectivity index (χ3n) is 3.58. The standard InChI is InChI=1S/C16H13F2NO/c17-14-7-3-5-12(15(14)18)10-19-9-8-11-4-1-2-6-13(11)16(19)20/h1-7H,8-10H2. The molecule has 1 aliphatic heterocycles. The molecule has 1 heterocycles. The minimum atomic E-state index is -0.882. The largest absolute Gasteiger partial charge is 0.334 e. The van der Waals surface area contributed by atoms with E-state index in [1.807, 2.05) is 18.2 Å². The van der Waals surface area contributed by atoms with Gasteiger partial charge < -0.3 is 4.90 Å². The highest BCUT2D eigenvalue weighted by atomic mass is 19.2. The molecule has 0 unspecified atom stereocenters. The molecule has 2 aromatic carbocycles. The Bertz CT molecular complexity index is 669. The lowest BCUT2D eigenvalue weighted by molar-refractivity contribution is 0.0725. The molecule has 0 fully saturated rings. The van der Waals surface area contributed by atoms with Gasteiger partial charge in [-0.1, -0.05) is 30.3 Å². The Kier molecular flexibility index (Phi) is 3.22. The molecule has 2 nitrogen and oxygen atoms in total. The third kappa shape index (κ3) is 2.18. The maximum absolute atomic E-state index is 13.7. The van der Waals surface area contributed by atoms with Gasteiger partial charge in [0.25, 0.3) is 5.91 Å². The van der Waals surface area contributed by atoms with Crippen molar-refractivity contribution in [1.82, 2.24) is 4.90 Å². The van der Waals surface area contributed by atoms with E-state index in [9.17, 15) is 13.6 Å². The molecule has 102 valence electrons. The van der Waals surface area contributed by atoms with Gasteiger partial charge in [0.2, 0.25) is 0 Å². The van der Waals surface area contributed by atoms with Crippen LogP contribution < -0.4 is 0 Å². The highest BCUT2D eigenvalue weighted by Crippen LogP contribution is 2.21. The number of fused-ring (bicyclic) bond motifs is 1. The predicted molar refractivity (Wildman–Crippen MR) is 71.2 cm³/mol. The normalized spacial score (nSPS) is 14.3. The van der Waals surface area contributed by atoms with Crippen molar-refractivity contribution < 1.29 is 13.6 Å². The zero-order valence-electron chi connectivity index (χ0n) is 10.8. The summed E-state index contributed by atoms with van der Waals surface area (Å²) in [7, 11) is 0. The van der Waals surface area contributed by atoms with Gasteiger partial charge in [-0.05, 0) is 24.1 Å². The summed E-state index contributed by atoms with van der Waals surface area (Å²) in [4.78, 5) is 13.9. The Hall–Kier alpha value is -2.23. The van der Waals surface area contributed by atoms with E-state index in [-0.39, 0.29) is 18.0 Å². The average molecular weight is 273 g/mol. The van der Waals surface area contributed by atoms with Crippen LogP contribution in [0.5, 0.6) is 0 Å². The third-order valence-corrected chi connectivity index (χ3v) is 3.58. The zero-order chi connectivity index (χ0) is 14.1. The number of hydrogen-bond acceptors (Lipinski definition) is 1. The first-order valence-electron chi connectivity index (χ1n) is 6.47. The number of rotatable bonds is 2. The first-order valence-corrected chi connectivity index (χ1v) is 6.47. The number of carbonyl (C=O) groups is 1. The van der Waals surface area contributed by atoms with Crippen LogP contribution in [0.4, 0.5) is 8.78 Å². The second-order valence-electron chi connectivity index (χ2n) is 4.85. The number of halogens is 2. The smallest absolute Gasteiger partial charge is 0.254 e. The lowest BCUT2D eigenvalue weighted by Gasteiger charge is -2.28. The van der Waals surface area contributed by atoms with Crippen molar-refractivity contribution in [3.05, 3.63) is 70.8 Å². The summed E-state index contributed by atoms with van der Waals surface area (Å²) in [5.41, 5.74) is 1.86. The SMILES string of the molecule is O=C1c2ccccc2CCN1Cc1cccc(F)c1F. The summed E-state index contributed by atoms with van der Waals surface area (Å²) in [6, 6.07) is 11.4. The molecular formula is C16H13F2NO. The van der Waals surface area contributed by atoms with Gasteiger partial charge in [0.15, 0.2) is 11.6 Å². The van der Waals surface area contributed by atoms with Crippen LogP contribution in [0.1, 0.15) is 21.5 Å². The van der Waals surface area contributed by atoms with Gasteiger partial charge in [0.1, 0.15) is 0 Å². The van der Waals surface area contributed by atoms with Crippen molar-refractivity contribution in [2.75, 3.05) is 6.54 Å². The van der Waals surface area contributed by atoms with Crippen LogP contribution in [0.25, 0.3) is 0 Å². The highest BCUT2D eigenvalue weighted by Gasteiger charge is 2.24. The van der Waals surface area contributed by atoms with Crippen molar-refractivity contribution in [1.29, 1.82) is 0 Å². The van der Waals surface area contributed by atoms with Gasteiger partial charge in [-0.25, -0.2) is 8.78 Å². The summed E-state index contributed by atoms with van der Waals surface area (Å²) >= 11 is 0. The fourth-order valence-corrected chi connectivity index (χ4v) is 2.50. The number of nitrogens with zero attached hydrogens (tertiary/aromatic N) is 1. The van der Waals surface area contributed by atoms with E-state index in [1.165, 1.54) is 12.1 Å². The molecule has 0 spiro atoms. The van der Waals surface area contributed by atoms with Crippen LogP contribution in [-0.2, 0) is 13.0 Å². The van der Waals surface area contributed by atoms with Crippen LogP contribution in [0.2, 0.25) is 0 Å². The first-order chi connectivity index (χ1) is 9.66. The molecule has 0 bridgehead atoms. The predicted octanol–water partition coefficient (Wildman–Crippen LogP) is 3.16. The Morgan fingerprint density at radius 3 is 2.70 bits per heavy atom. The Balaban J connectivity index is 1.87. The molecule has 0 N–H and O–H groups in total. The minimum absolute atomic E-state index is 0.0940. The summed E-state index contributed by atoms with van der Waals surface area (Å²) in [6.07, 6.45) is 0.735. The monoisotopic (exact) mass is 273 g/mol. The first kappa shape index (κ1) is 12.8. The molecule has 3 rings (SSSR count). The molecule has 0 saturated heterocycles. The van der Waals surface area contributed by atoms with Gasteiger partial charge >= 0.3 is 0 Å². The van der Waals surface area contributed by atoms with E-state index in [1.54, 1.807) is 11.0 Å². The van der Waals surface area contributed by atoms with E-state index < -0.39 is 11.6 Å². The van der Waals surface area contributed by atoms with Crippen molar-refractivity contribution in [3.63, 3.8) is 0 Å². The fraction of sp³-hybridized carbons (Fsp3) is 0.188. The van der Waals surface area contributed by atoms with E-state index >= 15 is 0 Å². The Morgan fingerprint density at radius 2 is 1.85 bits per heavy atom. The average Bonchev–Trinajstić information content (AvgIpc) is 2.47. The summed E-state index contributed by atoms with van der Waals surface area (Å²) < 4.78 is 26.9. The highest BCUT2D eigenvalue weighted by molar-refractivity contribution is 5.96. The molecule has 0 aromatic heterocycles. The van der Waals surface area contributed by atoms with E-state index in [4.69, 9.17) is 0 Å². The molecule has 2 aromatic rings. The zero-order valence-corrected chi connectivity index (χ0v) is 10.8. The molecule has 4 heteroatoms. The molecular weight excluding hydrogens is 260 g/mol. The van der Waals surface area contributed by atoms with E-state index in [0.717, 1.165) is 18.1 Å². The topological polar surface area (TPSA) is 20.3 Å². The van der Waals surface area contributed by atoms with Crippen molar-refractivity contribution in [2.45, 2.75) is 13.0 Å². The number of carbonyl (C=O) groups excluding carboxylic acids is 1. The second kappa shape index (κ2) is 5.04. The van der Waals surface area contributed by atoms with Crippen LogP contribution >= 0.6 is 0 Å². The van der Waals surface area contributed by atoms with E-state index in [2.05, 4.69) is 0 Å². The maximum atomic E-state index is 13.7. The molecule has 0 radical (unpaired) electrons. The maximum Gasteiger partial charge on any atom is 0.254 e. The number of amides is 1. The van der Waals surface area contributed by atoms with E-state index in [0.29, 0.717) is 12.1 Å². The van der Waals surface area contributed by atoms with Crippen LogP contribution in [-0.4, -0.2) is 17.4 Å². The van der Waals surface area contributed by atoms with Gasteiger partial charge in [-0.2, -0.15) is 0 Å². The second-order valence-corrected chi connectivity index (χ2v) is 4.85. The van der Waals surface area contributed by atoms with Gasteiger partial charge in [-0.3, -0.25) is 4.79 Å². The molecule has 1 amide bonds. The Labute approximate surface area is 115 Å². The Morgan fingerprint density at radius 1 is 1.05 bits per heavy atom. The van der Waals surface area contributed by atoms with Gasteiger partial charge in [0.05, 0.1) is 0 Å². The minimum Gasteiger partial charge on any atom is -0.334 e. The molecule has 0 saturated carbocycles. The number of hydrogen-bond donors (Lipinski definition) is 0. The lowest BCUT2D eigenvalue weighted by atomic mass is 9.98. The molecule has 0 aliphatic carbocycles. The summed E-state index contributed by atoms with van der Waals surface area (Å²) in [5, 5.41) is 0. The van der Waals surface area contributed by atoms with Crippen LogP contribution in [0.15, 0.2) is 42.5 Å². The van der Waals surface area contributed by atoms with Crippen molar-refractivity contribution in [3.8, 4) is 0 Å². The van der Waals surface area contributed by atoms with Gasteiger partial charge in [-0.15, -0.1) is 0 Å². The number of benzene rings is 2. The van der Waals surface area contributed by atoms with Crippen LogP contribution in [0, 0.1) is 11.6 Å². The fourth-order valence-electron chi connectivity index (χ4n) is 2.50. The van der Waals surface area contributed by atoms with Crippen LogP contribution in [0.3, 0.4) is 0 Å². The van der Waals surface area contributed by atoms with Crippen molar-refractivity contribution >= 4 is 5.91 Å². The molecule has 0 atom stereocenters. The lowest BCUT2D eigenvalue weighted by Crippen LogP contribution is -2.37. The molecule has 20 heavy (non-hydrogen) atoms. The quantitative estimate of drug-likeness (QED) is 0.823. The van der Waals surface area contributed by atoms with Crippen molar-refractivity contribution in [2.24, 2.45) is 0 Å².